The van der Waals surface area contributed by atoms with Gasteiger partial charge in [-0.1, -0.05) is 30.3 Å². The molecule has 1 heterocycles. The number of nitrogen functional groups attached to an aromatic ring is 1. The van der Waals surface area contributed by atoms with Crippen LogP contribution in [0.2, 0.25) is 0 Å². The van der Waals surface area contributed by atoms with Gasteiger partial charge in [0.05, 0.1) is 12.6 Å². The largest absolute Gasteiger partial charge is 0.399 e. The molecule has 3 rings (SSSR count). The zero-order valence-corrected chi connectivity index (χ0v) is 11.3. The summed E-state index contributed by atoms with van der Waals surface area (Å²) in [7, 11) is 0. The SMILES string of the molecule is Cc1ccccc1C1CN(c2cccc(N)c2)C(=O)N1. The van der Waals surface area contributed by atoms with Gasteiger partial charge in [0.2, 0.25) is 0 Å². The molecule has 20 heavy (non-hydrogen) atoms. The van der Waals surface area contributed by atoms with E-state index < -0.39 is 0 Å². The van der Waals surface area contributed by atoms with Gasteiger partial charge >= 0.3 is 6.03 Å². The monoisotopic (exact) mass is 267 g/mol. The van der Waals surface area contributed by atoms with Crippen LogP contribution in [0.4, 0.5) is 16.2 Å². The fraction of sp³-hybridized carbons (Fsp3) is 0.188. The molecule has 1 aliphatic heterocycles. The van der Waals surface area contributed by atoms with Crippen LogP contribution in [0.3, 0.4) is 0 Å². The molecule has 1 fully saturated rings. The maximum atomic E-state index is 12.2. The van der Waals surface area contributed by atoms with Crippen molar-refractivity contribution in [1.29, 1.82) is 0 Å². The molecule has 4 heteroatoms. The van der Waals surface area contributed by atoms with E-state index in [2.05, 4.69) is 24.4 Å². The van der Waals surface area contributed by atoms with Crippen molar-refractivity contribution in [3.8, 4) is 0 Å². The molecule has 1 atom stereocenters. The van der Waals surface area contributed by atoms with Crippen LogP contribution in [0.15, 0.2) is 48.5 Å². The molecule has 1 aliphatic rings. The number of nitrogens with two attached hydrogens (primary N) is 1. The van der Waals surface area contributed by atoms with Crippen LogP contribution >= 0.6 is 0 Å². The van der Waals surface area contributed by atoms with Gasteiger partial charge in [0, 0.05) is 11.4 Å². The van der Waals surface area contributed by atoms with Crippen LogP contribution in [0.25, 0.3) is 0 Å². The quantitative estimate of drug-likeness (QED) is 0.822. The van der Waals surface area contributed by atoms with Crippen molar-refractivity contribution in [2.45, 2.75) is 13.0 Å². The Balaban J connectivity index is 1.88. The zero-order chi connectivity index (χ0) is 14.1. The minimum Gasteiger partial charge on any atom is -0.399 e. The number of nitrogens with zero attached hydrogens (tertiary/aromatic N) is 1. The highest BCUT2D eigenvalue weighted by molar-refractivity contribution is 5.95. The third kappa shape index (κ3) is 2.20. The van der Waals surface area contributed by atoms with Crippen molar-refractivity contribution in [3.05, 3.63) is 59.7 Å². The second kappa shape index (κ2) is 4.89. The van der Waals surface area contributed by atoms with Gasteiger partial charge in [-0.25, -0.2) is 4.79 Å². The molecule has 2 aromatic carbocycles. The average molecular weight is 267 g/mol. The highest BCUT2D eigenvalue weighted by atomic mass is 16.2. The number of carbonyl (C=O) groups excluding carboxylic acids is 1. The number of benzene rings is 2. The number of urea groups is 1. The van der Waals surface area contributed by atoms with Gasteiger partial charge in [-0.2, -0.15) is 0 Å². The first-order valence-corrected chi connectivity index (χ1v) is 6.64. The molecule has 0 aromatic heterocycles. The highest BCUT2D eigenvalue weighted by Gasteiger charge is 2.31. The number of amides is 2. The summed E-state index contributed by atoms with van der Waals surface area (Å²) in [6.07, 6.45) is 0. The van der Waals surface area contributed by atoms with E-state index in [4.69, 9.17) is 5.73 Å². The van der Waals surface area contributed by atoms with Gasteiger partial charge in [0.15, 0.2) is 0 Å². The number of anilines is 2. The second-order valence-corrected chi connectivity index (χ2v) is 5.06. The number of hydrogen-bond donors (Lipinski definition) is 2. The molecular formula is C16H17N3O. The van der Waals surface area contributed by atoms with Gasteiger partial charge in [-0.15, -0.1) is 0 Å². The first-order valence-electron chi connectivity index (χ1n) is 6.64. The Labute approximate surface area is 118 Å². The maximum absolute atomic E-state index is 12.2. The number of hydrogen-bond acceptors (Lipinski definition) is 2. The van der Waals surface area contributed by atoms with Crippen molar-refractivity contribution < 1.29 is 4.79 Å². The summed E-state index contributed by atoms with van der Waals surface area (Å²) in [6.45, 7) is 2.68. The van der Waals surface area contributed by atoms with E-state index in [0.717, 1.165) is 11.3 Å². The maximum Gasteiger partial charge on any atom is 0.322 e. The Morgan fingerprint density at radius 1 is 1.20 bits per heavy atom. The van der Waals surface area contributed by atoms with Crippen LogP contribution in [-0.2, 0) is 0 Å². The van der Waals surface area contributed by atoms with Crippen LogP contribution in [0.1, 0.15) is 17.2 Å². The van der Waals surface area contributed by atoms with E-state index in [1.54, 1.807) is 4.90 Å². The predicted octanol–water partition coefficient (Wildman–Crippen LogP) is 2.85. The molecule has 1 unspecified atom stereocenters. The molecule has 2 amide bonds. The van der Waals surface area contributed by atoms with Crippen molar-refractivity contribution in [1.82, 2.24) is 5.32 Å². The number of carbonyl (C=O) groups is 1. The summed E-state index contributed by atoms with van der Waals surface area (Å²) in [5.74, 6) is 0. The third-order valence-corrected chi connectivity index (χ3v) is 3.65. The molecular weight excluding hydrogens is 250 g/mol. The van der Waals surface area contributed by atoms with E-state index in [-0.39, 0.29) is 12.1 Å². The first kappa shape index (κ1) is 12.5. The van der Waals surface area contributed by atoms with E-state index in [1.807, 2.05) is 36.4 Å². The molecule has 3 N–H and O–H groups in total. The lowest BCUT2D eigenvalue weighted by Crippen LogP contribution is -2.27. The van der Waals surface area contributed by atoms with E-state index in [9.17, 15) is 4.79 Å². The van der Waals surface area contributed by atoms with Crippen molar-refractivity contribution in [2.24, 2.45) is 0 Å². The molecule has 1 saturated heterocycles. The van der Waals surface area contributed by atoms with Gasteiger partial charge < -0.3 is 11.1 Å². The summed E-state index contributed by atoms with van der Waals surface area (Å²) in [5.41, 5.74) is 9.62. The third-order valence-electron chi connectivity index (χ3n) is 3.65. The van der Waals surface area contributed by atoms with Crippen LogP contribution in [0, 0.1) is 6.92 Å². The minimum absolute atomic E-state index is 0.0186. The molecule has 0 radical (unpaired) electrons. The van der Waals surface area contributed by atoms with E-state index >= 15 is 0 Å². The van der Waals surface area contributed by atoms with Crippen LogP contribution in [0.5, 0.6) is 0 Å². The minimum atomic E-state index is -0.0798. The lowest BCUT2D eigenvalue weighted by Gasteiger charge is -2.16. The summed E-state index contributed by atoms with van der Waals surface area (Å²) < 4.78 is 0. The number of aryl methyl sites for hydroxylation is 1. The van der Waals surface area contributed by atoms with Gasteiger partial charge in [0.1, 0.15) is 0 Å². The topological polar surface area (TPSA) is 58.4 Å². The van der Waals surface area contributed by atoms with Crippen molar-refractivity contribution in [3.63, 3.8) is 0 Å². The average Bonchev–Trinajstić information content (AvgIpc) is 2.81. The second-order valence-electron chi connectivity index (χ2n) is 5.06. The number of nitrogens with one attached hydrogen (secondary N) is 1. The lowest BCUT2D eigenvalue weighted by molar-refractivity contribution is 0.251. The Hall–Kier alpha value is -2.49. The van der Waals surface area contributed by atoms with Crippen LogP contribution < -0.4 is 16.0 Å². The zero-order valence-electron chi connectivity index (χ0n) is 11.3. The Morgan fingerprint density at radius 2 is 2.00 bits per heavy atom. The van der Waals surface area contributed by atoms with Gasteiger partial charge in [-0.3, -0.25) is 4.90 Å². The van der Waals surface area contributed by atoms with Gasteiger partial charge in [-0.05, 0) is 36.2 Å². The van der Waals surface area contributed by atoms with Crippen molar-refractivity contribution in [2.75, 3.05) is 17.2 Å². The summed E-state index contributed by atoms with van der Waals surface area (Å²) in [6, 6.07) is 15.5. The predicted molar refractivity (Wildman–Crippen MR) is 80.7 cm³/mol. The molecule has 0 saturated carbocycles. The Bertz CT molecular complexity index is 654. The highest BCUT2D eigenvalue weighted by Crippen LogP contribution is 2.27. The summed E-state index contributed by atoms with van der Waals surface area (Å²) >= 11 is 0. The molecule has 0 bridgehead atoms. The van der Waals surface area contributed by atoms with E-state index in [1.165, 1.54) is 5.56 Å². The van der Waals surface area contributed by atoms with Crippen molar-refractivity contribution >= 4 is 17.4 Å². The molecule has 102 valence electrons. The standard InChI is InChI=1S/C16H17N3O/c1-11-5-2-3-8-14(11)15-10-19(16(20)18-15)13-7-4-6-12(17)9-13/h2-9,15H,10,17H2,1H3,(H,18,20). The Morgan fingerprint density at radius 3 is 2.75 bits per heavy atom. The molecule has 0 aliphatic carbocycles. The molecule has 2 aromatic rings. The summed E-state index contributed by atoms with van der Waals surface area (Å²) in [5, 5.41) is 3.03. The smallest absolute Gasteiger partial charge is 0.322 e. The Kier molecular flexibility index (Phi) is 3.06. The lowest BCUT2D eigenvalue weighted by atomic mass is 10.0. The van der Waals surface area contributed by atoms with E-state index in [0.29, 0.717) is 12.2 Å². The molecule has 4 nitrogen and oxygen atoms in total. The number of rotatable bonds is 2. The first-order chi connectivity index (χ1) is 9.65. The molecule has 0 spiro atoms. The van der Waals surface area contributed by atoms with Crippen LogP contribution in [-0.4, -0.2) is 12.6 Å². The fourth-order valence-corrected chi connectivity index (χ4v) is 2.61. The fourth-order valence-electron chi connectivity index (χ4n) is 2.61. The normalized spacial score (nSPS) is 18.1. The van der Waals surface area contributed by atoms with Gasteiger partial charge in [0.25, 0.3) is 0 Å². The summed E-state index contributed by atoms with van der Waals surface area (Å²) in [4.78, 5) is 13.9.